The predicted molar refractivity (Wildman–Crippen MR) is 69.2 cm³/mol. The molecule has 0 aromatic rings. The number of halogens is 3. The van der Waals surface area contributed by atoms with E-state index in [2.05, 4.69) is 20.7 Å². The van der Waals surface area contributed by atoms with Gasteiger partial charge in [-0.3, -0.25) is 9.59 Å². The summed E-state index contributed by atoms with van der Waals surface area (Å²) in [4.78, 5) is 33.3. The van der Waals surface area contributed by atoms with Crippen molar-refractivity contribution in [1.82, 2.24) is 16.0 Å². The van der Waals surface area contributed by atoms with E-state index in [0.29, 0.717) is 0 Å². The Kier molecular flexibility index (Phi) is 5.51. The van der Waals surface area contributed by atoms with E-state index in [1.165, 1.54) is 6.92 Å². The first-order chi connectivity index (χ1) is 8.69. The molecule has 19 heavy (non-hydrogen) atoms. The quantitative estimate of drug-likeness (QED) is 0.502. The van der Waals surface area contributed by atoms with Gasteiger partial charge < -0.3 is 20.7 Å². The Labute approximate surface area is 124 Å². The molecule has 2 unspecified atom stereocenters. The van der Waals surface area contributed by atoms with Crippen LogP contribution in [-0.2, 0) is 14.3 Å². The first kappa shape index (κ1) is 16.1. The summed E-state index contributed by atoms with van der Waals surface area (Å²) in [6.45, 7) is 1.11. The first-order valence-electron chi connectivity index (χ1n) is 5.24. The normalized spacial score (nSPS) is 22.0. The van der Waals surface area contributed by atoms with Gasteiger partial charge >= 0.3 is 6.09 Å². The zero-order valence-corrected chi connectivity index (χ0v) is 12.1. The molecule has 1 heterocycles. The molecule has 0 spiro atoms. The summed E-state index contributed by atoms with van der Waals surface area (Å²) in [7, 11) is 0. The summed E-state index contributed by atoms with van der Waals surface area (Å²) in [6.07, 6.45) is -0.876. The number of rotatable bonds is 4. The fraction of sp³-hybridized carbons (Fsp3) is 0.667. The maximum Gasteiger partial charge on any atom is 0.408 e. The molecular formula is C9H12Cl3N3O4. The highest BCUT2D eigenvalue weighted by atomic mass is 35.6. The molecular weight excluding hydrogens is 320 g/mol. The molecule has 3 amide bonds. The number of hydrogen-bond acceptors (Lipinski definition) is 4. The highest BCUT2D eigenvalue weighted by molar-refractivity contribution is 6.67. The van der Waals surface area contributed by atoms with Gasteiger partial charge in [0.15, 0.2) is 0 Å². The average molecular weight is 333 g/mol. The van der Waals surface area contributed by atoms with Crippen molar-refractivity contribution < 1.29 is 19.1 Å². The Morgan fingerprint density at radius 2 is 2.05 bits per heavy atom. The Bertz CT molecular complexity index is 385. The van der Waals surface area contributed by atoms with Crippen LogP contribution >= 0.6 is 34.8 Å². The fourth-order valence-electron chi connectivity index (χ4n) is 1.35. The van der Waals surface area contributed by atoms with Crippen LogP contribution in [0.3, 0.4) is 0 Å². The second kappa shape index (κ2) is 6.49. The molecule has 1 saturated heterocycles. The average Bonchev–Trinajstić information content (AvgIpc) is 2.27. The number of β-lactam (4-membered cyclic amide) rings is 1. The number of ether oxygens (including phenoxy) is 1. The topological polar surface area (TPSA) is 96.5 Å². The Hall–Kier alpha value is -0.920. The zero-order valence-electron chi connectivity index (χ0n) is 9.84. The second-order valence-corrected chi connectivity index (χ2v) is 6.38. The molecule has 108 valence electrons. The van der Waals surface area contributed by atoms with Gasteiger partial charge in [-0.1, -0.05) is 34.8 Å². The van der Waals surface area contributed by atoms with Gasteiger partial charge in [0.25, 0.3) is 0 Å². The van der Waals surface area contributed by atoms with Crippen LogP contribution < -0.4 is 16.0 Å². The summed E-state index contributed by atoms with van der Waals surface area (Å²) < 4.78 is 2.91. The largest absolute Gasteiger partial charge is 0.445 e. The standard InChI is InChI=1S/C9H12Cl3N3O4/c1-4(16)13-2-5-6(7(17)14-5)15-8(18)19-3-9(10,11)12/h5-6H,2-3H2,1H3,(H,13,16)(H,14,17)(H,15,18). The monoisotopic (exact) mass is 331 g/mol. The number of hydrogen-bond donors (Lipinski definition) is 3. The van der Waals surface area contributed by atoms with Crippen LogP contribution in [-0.4, -0.2) is 46.9 Å². The molecule has 1 rings (SSSR count). The van der Waals surface area contributed by atoms with Crippen molar-refractivity contribution in [1.29, 1.82) is 0 Å². The molecule has 1 aliphatic heterocycles. The van der Waals surface area contributed by atoms with E-state index in [1.54, 1.807) is 0 Å². The summed E-state index contributed by atoms with van der Waals surface area (Å²) in [5.41, 5.74) is 0. The molecule has 2 atom stereocenters. The molecule has 7 nitrogen and oxygen atoms in total. The van der Waals surface area contributed by atoms with Gasteiger partial charge in [-0.15, -0.1) is 0 Å². The molecule has 0 aromatic heterocycles. The smallest absolute Gasteiger partial charge is 0.408 e. The van der Waals surface area contributed by atoms with Gasteiger partial charge in [-0.2, -0.15) is 0 Å². The number of alkyl halides is 3. The minimum absolute atomic E-state index is 0.205. The van der Waals surface area contributed by atoms with Crippen molar-refractivity contribution in [3.8, 4) is 0 Å². The van der Waals surface area contributed by atoms with E-state index in [9.17, 15) is 14.4 Å². The summed E-state index contributed by atoms with van der Waals surface area (Å²) in [5.74, 6) is -0.611. The van der Waals surface area contributed by atoms with E-state index in [4.69, 9.17) is 34.8 Å². The molecule has 0 aromatic carbocycles. The Balaban J connectivity index is 2.35. The third-order valence-corrected chi connectivity index (χ3v) is 2.55. The second-order valence-electron chi connectivity index (χ2n) is 3.87. The lowest BCUT2D eigenvalue weighted by molar-refractivity contribution is -0.132. The highest BCUT2D eigenvalue weighted by Gasteiger charge is 2.40. The molecule has 10 heteroatoms. The molecule has 1 fully saturated rings. The number of carbonyl (C=O) groups is 3. The van der Waals surface area contributed by atoms with Crippen LogP contribution in [0.1, 0.15) is 6.92 Å². The van der Waals surface area contributed by atoms with Crippen LogP contribution in [0, 0.1) is 0 Å². The van der Waals surface area contributed by atoms with Crippen molar-refractivity contribution in [2.75, 3.05) is 13.2 Å². The SMILES string of the molecule is CC(=O)NCC1NC(=O)C1NC(=O)OCC(Cl)(Cl)Cl. The zero-order chi connectivity index (χ0) is 14.6. The Morgan fingerprint density at radius 3 is 2.53 bits per heavy atom. The van der Waals surface area contributed by atoms with Crippen LogP contribution in [0.5, 0.6) is 0 Å². The lowest BCUT2D eigenvalue weighted by Crippen LogP contribution is -2.71. The number of amides is 3. The van der Waals surface area contributed by atoms with Gasteiger partial charge in [-0.25, -0.2) is 4.79 Å². The summed E-state index contributed by atoms with van der Waals surface area (Å²) in [5, 5.41) is 7.35. The van der Waals surface area contributed by atoms with Gasteiger partial charge in [0.05, 0.1) is 6.04 Å². The third kappa shape index (κ3) is 5.71. The predicted octanol–water partition coefficient (Wildman–Crippen LogP) is 0.0859. The third-order valence-electron chi connectivity index (χ3n) is 2.22. The van der Waals surface area contributed by atoms with Gasteiger partial charge in [0, 0.05) is 13.5 Å². The molecule has 1 aliphatic rings. The van der Waals surface area contributed by atoms with Crippen molar-refractivity contribution in [3.05, 3.63) is 0 Å². The minimum Gasteiger partial charge on any atom is -0.445 e. The minimum atomic E-state index is -1.71. The van der Waals surface area contributed by atoms with Crippen LogP contribution in [0.2, 0.25) is 0 Å². The van der Waals surface area contributed by atoms with E-state index < -0.39 is 28.6 Å². The first-order valence-corrected chi connectivity index (χ1v) is 6.37. The maximum absolute atomic E-state index is 11.3. The van der Waals surface area contributed by atoms with Crippen molar-refractivity contribution in [2.45, 2.75) is 22.8 Å². The van der Waals surface area contributed by atoms with Gasteiger partial charge in [0.2, 0.25) is 15.6 Å². The summed E-state index contributed by atoms with van der Waals surface area (Å²) >= 11 is 16.2. The highest BCUT2D eigenvalue weighted by Crippen LogP contribution is 2.25. The molecule has 0 bridgehead atoms. The van der Waals surface area contributed by atoms with Crippen LogP contribution in [0.25, 0.3) is 0 Å². The van der Waals surface area contributed by atoms with Crippen molar-refractivity contribution >= 4 is 52.7 Å². The molecule has 0 aliphatic carbocycles. The van der Waals surface area contributed by atoms with Gasteiger partial charge in [0.1, 0.15) is 12.6 Å². The van der Waals surface area contributed by atoms with E-state index >= 15 is 0 Å². The van der Waals surface area contributed by atoms with E-state index in [-0.39, 0.29) is 18.4 Å². The summed E-state index contributed by atoms with van der Waals surface area (Å²) in [6, 6.07) is -1.17. The number of carbonyl (C=O) groups excluding carboxylic acids is 3. The Morgan fingerprint density at radius 1 is 1.42 bits per heavy atom. The van der Waals surface area contributed by atoms with Crippen molar-refractivity contribution in [3.63, 3.8) is 0 Å². The molecule has 0 radical (unpaired) electrons. The van der Waals surface area contributed by atoms with Crippen LogP contribution in [0.15, 0.2) is 0 Å². The van der Waals surface area contributed by atoms with Crippen LogP contribution in [0.4, 0.5) is 4.79 Å². The molecule has 3 N–H and O–H groups in total. The molecule has 0 saturated carbocycles. The lowest BCUT2D eigenvalue weighted by Gasteiger charge is -2.36. The maximum atomic E-state index is 11.3. The van der Waals surface area contributed by atoms with Gasteiger partial charge in [-0.05, 0) is 0 Å². The fourth-order valence-corrected chi connectivity index (χ4v) is 1.51. The van der Waals surface area contributed by atoms with Crippen molar-refractivity contribution in [2.24, 2.45) is 0 Å². The lowest BCUT2D eigenvalue weighted by atomic mass is 9.99. The number of nitrogens with one attached hydrogen (secondary N) is 3. The number of alkyl carbamates (subject to hydrolysis) is 1. The van der Waals surface area contributed by atoms with E-state index in [0.717, 1.165) is 0 Å². The van der Waals surface area contributed by atoms with E-state index in [1.807, 2.05) is 0 Å².